The quantitative estimate of drug-likeness (QED) is 0.168. The first kappa shape index (κ1) is 29.4. The molecule has 1 aliphatic rings. The minimum Gasteiger partial charge on any atom is -0.308 e. The number of rotatable bonds is 2. The lowest BCUT2D eigenvalue weighted by Gasteiger charge is -2.23. The average Bonchev–Trinajstić information content (AvgIpc) is 3.79. The van der Waals surface area contributed by atoms with Crippen LogP contribution < -0.4 is 0 Å². The molecule has 4 aromatic heterocycles. The summed E-state index contributed by atoms with van der Waals surface area (Å²) in [6.45, 7) is 4.82. The molecule has 256 valence electrons. The van der Waals surface area contributed by atoms with Gasteiger partial charge in [-0.3, -0.25) is 4.57 Å². The number of hydrogen-bond donors (Lipinski definition) is 0. The van der Waals surface area contributed by atoms with Crippen LogP contribution in [-0.2, 0) is 5.41 Å². The summed E-state index contributed by atoms with van der Waals surface area (Å²) in [6.07, 6.45) is 0. The molecule has 13 rings (SSSR count). The number of para-hydroxylation sites is 2. The highest BCUT2D eigenvalue weighted by molar-refractivity contribution is 6.33. The van der Waals surface area contributed by atoms with Crippen LogP contribution in [0.4, 0.5) is 0 Å². The highest BCUT2D eigenvalue weighted by atomic mass is 15.1. The molecule has 55 heavy (non-hydrogen) atoms. The third-order valence-electron chi connectivity index (χ3n) is 12.6. The molecule has 0 radical (unpaired) electrons. The van der Waals surface area contributed by atoms with Crippen LogP contribution in [0.1, 0.15) is 25.0 Å². The fourth-order valence-corrected chi connectivity index (χ4v) is 10.3. The van der Waals surface area contributed by atoms with Crippen molar-refractivity contribution in [1.29, 1.82) is 0 Å². The van der Waals surface area contributed by atoms with Gasteiger partial charge in [0.2, 0.25) is 0 Å². The van der Waals surface area contributed by atoms with E-state index in [1.807, 2.05) is 0 Å². The van der Waals surface area contributed by atoms with Crippen LogP contribution in [0.15, 0.2) is 158 Å². The Labute approximate surface area is 315 Å². The highest BCUT2D eigenvalue weighted by Crippen LogP contribution is 2.56. The smallest absolute Gasteiger partial charge is 0.165 e. The van der Waals surface area contributed by atoms with Gasteiger partial charge in [0.05, 0.1) is 38.6 Å². The van der Waals surface area contributed by atoms with Crippen molar-refractivity contribution < 1.29 is 0 Å². The van der Waals surface area contributed by atoms with Crippen molar-refractivity contribution in [1.82, 2.24) is 18.9 Å². The minimum atomic E-state index is -0.221. The van der Waals surface area contributed by atoms with E-state index in [1.165, 1.54) is 71.1 Å². The molecule has 0 spiro atoms. The number of benzene rings is 8. The zero-order chi connectivity index (χ0) is 36.2. The molecule has 0 saturated carbocycles. The molecular formula is C51H32N4. The van der Waals surface area contributed by atoms with E-state index in [0.717, 1.165) is 49.9 Å². The topological polar surface area (TPSA) is 35.1 Å². The van der Waals surface area contributed by atoms with Crippen molar-refractivity contribution in [2.24, 2.45) is 0 Å². The van der Waals surface area contributed by atoms with E-state index in [0.29, 0.717) is 0 Å². The molecule has 0 amide bonds. The first-order chi connectivity index (χ1) is 27.1. The van der Waals surface area contributed by atoms with Crippen molar-refractivity contribution >= 4 is 81.7 Å². The third kappa shape index (κ3) is 3.57. The van der Waals surface area contributed by atoms with Gasteiger partial charge in [-0.1, -0.05) is 141 Å². The maximum Gasteiger partial charge on any atom is 0.165 e. The SMILES string of the molecule is CC1(C)c2ccccc2-c2cc3c4c(c21)c1cccc2c5ccccc5n(c5cccc(c45)n3-c3nc4ccc5ccccc5c4nc3-c3ccccc3)c21. The predicted molar refractivity (Wildman–Crippen MR) is 229 cm³/mol. The summed E-state index contributed by atoms with van der Waals surface area (Å²) in [5, 5.41) is 9.90. The Morgan fingerprint density at radius 1 is 0.491 bits per heavy atom. The maximum atomic E-state index is 5.63. The lowest BCUT2D eigenvalue weighted by Crippen LogP contribution is -2.15. The summed E-state index contributed by atoms with van der Waals surface area (Å²) >= 11 is 0. The van der Waals surface area contributed by atoms with Crippen molar-refractivity contribution in [2.75, 3.05) is 0 Å². The molecule has 0 fully saturated rings. The summed E-state index contributed by atoms with van der Waals surface area (Å²) in [7, 11) is 0. The van der Waals surface area contributed by atoms with Gasteiger partial charge in [0.15, 0.2) is 5.82 Å². The molecule has 0 atom stereocenters. The minimum absolute atomic E-state index is 0.221. The molecule has 8 aromatic carbocycles. The van der Waals surface area contributed by atoms with Gasteiger partial charge in [-0.25, -0.2) is 9.97 Å². The Morgan fingerprint density at radius 2 is 1.20 bits per heavy atom. The van der Waals surface area contributed by atoms with Crippen molar-refractivity contribution in [3.8, 4) is 28.2 Å². The molecule has 1 aliphatic carbocycles. The molecule has 12 aromatic rings. The normalized spacial score (nSPS) is 13.8. The van der Waals surface area contributed by atoms with E-state index >= 15 is 0 Å². The molecule has 0 saturated heterocycles. The molecule has 4 heterocycles. The molecule has 0 bridgehead atoms. The van der Waals surface area contributed by atoms with Gasteiger partial charge in [0, 0.05) is 43.3 Å². The van der Waals surface area contributed by atoms with Crippen LogP contribution in [0.25, 0.3) is 110 Å². The second-order valence-electron chi connectivity index (χ2n) is 15.7. The third-order valence-corrected chi connectivity index (χ3v) is 12.6. The van der Waals surface area contributed by atoms with Gasteiger partial charge in [-0.05, 0) is 63.4 Å². The largest absolute Gasteiger partial charge is 0.308 e. The summed E-state index contributed by atoms with van der Waals surface area (Å²) in [5.74, 6) is 0.832. The fraction of sp³-hybridized carbons (Fsp3) is 0.0588. The highest BCUT2D eigenvalue weighted by Gasteiger charge is 2.39. The summed E-state index contributed by atoms with van der Waals surface area (Å²) in [4.78, 5) is 11.2. The summed E-state index contributed by atoms with van der Waals surface area (Å²) in [5.41, 5.74) is 14.7. The summed E-state index contributed by atoms with van der Waals surface area (Å²) in [6, 6.07) is 57.5. The second kappa shape index (κ2) is 10.1. The number of nitrogens with zero attached hydrogens (tertiary/aromatic N) is 4. The van der Waals surface area contributed by atoms with Crippen LogP contribution in [-0.4, -0.2) is 18.9 Å². The molecule has 0 N–H and O–H groups in total. The van der Waals surface area contributed by atoms with E-state index < -0.39 is 0 Å². The van der Waals surface area contributed by atoms with Gasteiger partial charge in [-0.2, -0.15) is 0 Å². The average molecular weight is 701 g/mol. The Morgan fingerprint density at radius 3 is 2.11 bits per heavy atom. The van der Waals surface area contributed by atoms with E-state index in [4.69, 9.17) is 9.97 Å². The van der Waals surface area contributed by atoms with Gasteiger partial charge < -0.3 is 4.40 Å². The van der Waals surface area contributed by atoms with Crippen LogP contribution in [0, 0.1) is 0 Å². The first-order valence-electron chi connectivity index (χ1n) is 19.1. The zero-order valence-electron chi connectivity index (χ0n) is 30.3. The van der Waals surface area contributed by atoms with Crippen LogP contribution in [0.2, 0.25) is 0 Å². The predicted octanol–water partition coefficient (Wildman–Crippen LogP) is 13.0. The Kier molecular flexibility index (Phi) is 5.42. The van der Waals surface area contributed by atoms with Crippen molar-refractivity contribution in [2.45, 2.75) is 19.3 Å². The fourth-order valence-electron chi connectivity index (χ4n) is 10.3. The Balaban J connectivity index is 1.32. The number of fused-ring (bicyclic) bond motifs is 12. The van der Waals surface area contributed by atoms with Crippen molar-refractivity contribution in [3.63, 3.8) is 0 Å². The Hall–Kier alpha value is -7.04. The molecule has 4 heteroatoms. The van der Waals surface area contributed by atoms with E-state index in [2.05, 4.69) is 181 Å². The lowest BCUT2D eigenvalue weighted by atomic mass is 9.79. The van der Waals surface area contributed by atoms with Gasteiger partial charge >= 0.3 is 0 Å². The summed E-state index contributed by atoms with van der Waals surface area (Å²) < 4.78 is 4.95. The molecule has 0 unspecified atom stereocenters. The van der Waals surface area contributed by atoms with E-state index in [9.17, 15) is 0 Å². The molecule has 0 aliphatic heterocycles. The number of hydrogen-bond acceptors (Lipinski definition) is 2. The lowest BCUT2D eigenvalue weighted by molar-refractivity contribution is 0.667. The monoisotopic (exact) mass is 700 g/mol. The molecule has 4 nitrogen and oxygen atoms in total. The van der Waals surface area contributed by atoms with Gasteiger partial charge in [0.25, 0.3) is 0 Å². The van der Waals surface area contributed by atoms with Crippen molar-refractivity contribution in [3.05, 3.63) is 169 Å². The molecular weight excluding hydrogens is 669 g/mol. The standard InChI is InChI=1S/C51H32N4/c1-51(2)37-22-10-8-18-32(37)36-28-42-45-43(46(36)51)35-21-12-20-34-33-19-9-11-23-39(33)54(49(34)35)40-24-13-25-41(44(40)45)55(42)50-47(30-15-4-3-5-16-30)53-48-31-17-7-6-14-29(31)26-27-38(48)52-50/h3-28H,1-2H3. The van der Waals surface area contributed by atoms with E-state index in [1.54, 1.807) is 0 Å². The first-order valence-corrected chi connectivity index (χ1v) is 19.1. The van der Waals surface area contributed by atoms with Crippen LogP contribution in [0.3, 0.4) is 0 Å². The van der Waals surface area contributed by atoms with Gasteiger partial charge in [0.1, 0.15) is 5.69 Å². The van der Waals surface area contributed by atoms with E-state index in [-0.39, 0.29) is 5.41 Å². The van der Waals surface area contributed by atoms with Crippen LogP contribution in [0.5, 0.6) is 0 Å². The maximum absolute atomic E-state index is 5.63. The number of aromatic nitrogens is 4. The van der Waals surface area contributed by atoms with Crippen LogP contribution >= 0.6 is 0 Å². The second-order valence-corrected chi connectivity index (χ2v) is 15.7. The van der Waals surface area contributed by atoms with Gasteiger partial charge in [-0.15, -0.1) is 0 Å². The zero-order valence-corrected chi connectivity index (χ0v) is 30.3. The Bertz CT molecular complexity index is 3620.